The maximum Gasteiger partial charge on any atom is 0.133 e. The van der Waals surface area contributed by atoms with Crippen molar-refractivity contribution in [1.29, 1.82) is 0 Å². The monoisotopic (exact) mass is 480 g/mol. The summed E-state index contributed by atoms with van der Waals surface area (Å²) in [5.74, 6) is 0. The van der Waals surface area contributed by atoms with E-state index in [0.29, 0.717) is 15.5 Å². The zero-order chi connectivity index (χ0) is 20.1. The Hall–Kier alpha value is -0.840. The van der Waals surface area contributed by atoms with Crippen molar-refractivity contribution in [2.24, 2.45) is 0 Å². The van der Waals surface area contributed by atoms with Crippen LogP contribution < -0.4 is 0 Å². The molecule has 27 heavy (non-hydrogen) atoms. The Kier molecular flexibility index (Phi) is 12.7. The van der Waals surface area contributed by atoms with Gasteiger partial charge in [0.1, 0.15) is 49.5 Å². The summed E-state index contributed by atoms with van der Waals surface area (Å²) in [6.07, 6.45) is 10.3. The molecule has 3 heterocycles. The van der Waals surface area contributed by atoms with Gasteiger partial charge in [-0.3, -0.25) is 0 Å². The first-order valence-electron chi connectivity index (χ1n) is 7.03. The van der Waals surface area contributed by atoms with Gasteiger partial charge >= 0.3 is 0 Å². The van der Waals surface area contributed by atoms with Crippen LogP contribution in [0.3, 0.4) is 0 Å². The number of halogens is 3. The molecule has 12 heteroatoms. The van der Waals surface area contributed by atoms with Gasteiger partial charge in [0, 0.05) is 18.2 Å². The molecule has 0 spiro atoms. The number of hydrogen-bond acceptors (Lipinski definition) is 9. The molecule has 0 amide bonds. The van der Waals surface area contributed by atoms with Crippen LogP contribution in [-0.2, 0) is 0 Å². The van der Waals surface area contributed by atoms with Gasteiger partial charge < -0.3 is 0 Å². The van der Waals surface area contributed by atoms with Crippen LogP contribution in [0.2, 0.25) is 15.5 Å². The minimum absolute atomic E-state index is 0.366. The van der Waals surface area contributed by atoms with E-state index in [1.54, 1.807) is 47.7 Å². The highest BCUT2D eigenvalue weighted by Crippen LogP contribution is 2.16. The normalized spacial score (nSPS) is 9.56. The minimum atomic E-state index is 0.366. The van der Waals surface area contributed by atoms with E-state index in [1.807, 2.05) is 24.8 Å². The lowest BCUT2D eigenvalue weighted by Gasteiger charge is -1.95. The Labute approximate surface area is 185 Å². The highest BCUT2D eigenvalue weighted by Gasteiger charge is 1.93. The van der Waals surface area contributed by atoms with Gasteiger partial charge in [-0.1, -0.05) is 34.8 Å². The molecule has 0 radical (unpaired) electrons. The summed E-state index contributed by atoms with van der Waals surface area (Å²) in [5.41, 5.74) is 0. The third kappa shape index (κ3) is 10.9. The van der Waals surface area contributed by atoms with Crippen molar-refractivity contribution in [2.45, 2.75) is 15.1 Å². The van der Waals surface area contributed by atoms with E-state index in [-0.39, 0.29) is 0 Å². The van der Waals surface area contributed by atoms with Gasteiger partial charge in [0.05, 0.1) is 0 Å². The molecule has 3 aromatic rings. The molecule has 0 saturated heterocycles. The van der Waals surface area contributed by atoms with Gasteiger partial charge in [-0.05, 0) is 18.8 Å². The quantitative estimate of drug-likeness (QED) is 0.353. The number of nitrogens with zero attached hydrogens (tertiary/aromatic N) is 6. The molecule has 144 valence electrons. The van der Waals surface area contributed by atoms with Crippen molar-refractivity contribution in [2.75, 3.05) is 18.8 Å². The molecule has 0 aliphatic rings. The first-order valence-corrected chi connectivity index (χ1v) is 11.8. The molecule has 0 fully saturated rings. The van der Waals surface area contributed by atoms with E-state index in [0.717, 1.165) is 15.1 Å². The van der Waals surface area contributed by atoms with Crippen LogP contribution in [0.1, 0.15) is 0 Å². The Morgan fingerprint density at radius 1 is 0.519 bits per heavy atom. The zero-order valence-electron chi connectivity index (χ0n) is 14.5. The molecule has 0 aliphatic carbocycles. The van der Waals surface area contributed by atoms with Gasteiger partial charge in [0.25, 0.3) is 0 Å². The summed E-state index contributed by atoms with van der Waals surface area (Å²) in [5, 5.41) is 4.18. The average Bonchev–Trinajstić information content (AvgIpc) is 2.68. The van der Waals surface area contributed by atoms with Crippen LogP contribution in [0.15, 0.2) is 52.3 Å². The first kappa shape index (κ1) is 24.2. The number of hydrogen-bond donors (Lipinski definition) is 0. The maximum atomic E-state index is 5.56. The van der Waals surface area contributed by atoms with Gasteiger partial charge in [-0.15, -0.1) is 35.3 Å². The number of thioether (sulfide) groups is 3. The Bertz CT molecular complexity index is 792. The Balaban J connectivity index is 0.000000204. The standard InChI is InChI=1S/C6H8N2S2.C5H5ClN2S.C4H2Cl2N2/c1-9-5-3-6(10-2)8-4-7-5;1-9-5-2-4(6)7-3-8-5;5-3-1-4(6)8-2-7-3/h3-4H,1-2H3;2-3H,1H3;1-2H. The highest BCUT2D eigenvalue weighted by molar-refractivity contribution is 7.99. The summed E-state index contributed by atoms with van der Waals surface area (Å²) >= 11 is 21.2. The van der Waals surface area contributed by atoms with E-state index < -0.39 is 0 Å². The van der Waals surface area contributed by atoms with Crippen LogP contribution in [0, 0.1) is 0 Å². The fourth-order valence-electron chi connectivity index (χ4n) is 1.29. The molecule has 0 saturated carbocycles. The molecule has 0 atom stereocenters. The van der Waals surface area contributed by atoms with Gasteiger partial charge in [0.15, 0.2) is 0 Å². The van der Waals surface area contributed by atoms with E-state index in [4.69, 9.17) is 34.8 Å². The third-order valence-electron chi connectivity index (χ3n) is 2.45. The van der Waals surface area contributed by atoms with Crippen molar-refractivity contribution in [3.05, 3.63) is 52.6 Å². The lowest BCUT2D eigenvalue weighted by molar-refractivity contribution is 0.966. The van der Waals surface area contributed by atoms with Crippen molar-refractivity contribution in [1.82, 2.24) is 29.9 Å². The van der Waals surface area contributed by atoms with E-state index in [9.17, 15) is 0 Å². The number of aromatic nitrogens is 6. The average molecular weight is 482 g/mol. The summed E-state index contributed by atoms with van der Waals surface area (Å²) in [7, 11) is 0. The first-order chi connectivity index (χ1) is 13.0. The summed E-state index contributed by atoms with van der Waals surface area (Å²) in [6.45, 7) is 0. The van der Waals surface area contributed by atoms with Crippen LogP contribution in [0.4, 0.5) is 0 Å². The molecule has 0 aromatic carbocycles. The molecule has 0 aliphatic heterocycles. The van der Waals surface area contributed by atoms with Crippen LogP contribution in [0.25, 0.3) is 0 Å². The summed E-state index contributed by atoms with van der Waals surface area (Å²) in [4.78, 5) is 23.0. The van der Waals surface area contributed by atoms with E-state index in [1.165, 1.54) is 18.7 Å². The lowest BCUT2D eigenvalue weighted by Crippen LogP contribution is -1.82. The van der Waals surface area contributed by atoms with Gasteiger partial charge in [-0.25, -0.2) is 29.9 Å². The summed E-state index contributed by atoms with van der Waals surface area (Å²) < 4.78 is 0. The third-order valence-corrected chi connectivity index (χ3v) is 5.00. The Morgan fingerprint density at radius 2 is 0.852 bits per heavy atom. The molecule has 0 N–H and O–H groups in total. The SMILES string of the molecule is CSc1cc(Cl)ncn1.CSc1cc(SC)ncn1.Clc1cc(Cl)ncn1. The molecule has 0 unspecified atom stereocenters. The highest BCUT2D eigenvalue weighted by atomic mass is 35.5. The van der Waals surface area contributed by atoms with E-state index >= 15 is 0 Å². The Morgan fingerprint density at radius 3 is 1.15 bits per heavy atom. The molecule has 3 aromatic heterocycles. The van der Waals surface area contributed by atoms with Crippen LogP contribution >= 0.6 is 70.1 Å². The molecule has 6 nitrogen and oxygen atoms in total. The summed E-state index contributed by atoms with van der Waals surface area (Å²) in [6, 6.07) is 5.19. The van der Waals surface area contributed by atoms with Crippen molar-refractivity contribution < 1.29 is 0 Å². The van der Waals surface area contributed by atoms with Crippen molar-refractivity contribution in [3.63, 3.8) is 0 Å². The predicted octanol–water partition coefficient (Wildman–Crippen LogP) is 5.56. The van der Waals surface area contributed by atoms with Crippen molar-refractivity contribution in [3.8, 4) is 0 Å². The predicted molar refractivity (Wildman–Crippen MR) is 116 cm³/mol. The molecule has 0 bridgehead atoms. The van der Waals surface area contributed by atoms with Crippen LogP contribution in [0.5, 0.6) is 0 Å². The topological polar surface area (TPSA) is 77.3 Å². The maximum absolute atomic E-state index is 5.56. The molecular weight excluding hydrogens is 467 g/mol. The largest absolute Gasteiger partial charge is 0.230 e. The van der Waals surface area contributed by atoms with Crippen LogP contribution in [-0.4, -0.2) is 48.7 Å². The lowest BCUT2D eigenvalue weighted by atomic mass is 10.7. The number of rotatable bonds is 3. The van der Waals surface area contributed by atoms with Gasteiger partial charge in [0.2, 0.25) is 0 Å². The van der Waals surface area contributed by atoms with Crippen molar-refractivity contribution >= 4 is 70.1 Å². The second-order valence-electron chi connectivity index (χ2n) is 4.15. The molecule has 3 rings (SSSR count). The van der Waals surface area contributed by atoms with Gasteiger partial charge in [-0.2, -0.15) is 0 Å². The second kappa shape index (κ2) is 14.2. The fourth-order valence-corrected chi connectivity index (χ4v) is 3.07. The minimum Gasteiger partial charge on any atom is -0.230 e. The molecular formula is C15H15Cl3N6S3. The smallest absolute Gasteiger partial charge is 0.133 e. The zero-order valence-corrected chi connectivity index (χ0v) is 19.2. The fraction of sp³-hybridized carbons (Fsp3) is 0.200. The second-order valence-corrected chi connectivity index (χ2v) is 7.79. The van der Waals surface area contributed by atoms with E-state index in [2.05, 4.69) is 29.9 Å².